The van der Waals surface area contributed by atoms with Gasteiger partial charge in [0, 0.05) is 16.9 Å². The molecule has 1 unspecified atom stereocenters. The molecule has 1 fully saturated rings. The number of alkyl halides is 3. The second-order valence-corrected chi connectivity index (χ2v) is 5.90. The van der Waals surface area contributed by atoms with Gasteiger partial charge in [-0.3, -0.25) is 5.32 Å². The Balaban J connectivity index is 2.23. The third-order valence-corrected chi connectivity index (χ3v) is 4.15. The molecule has 1 N–H and O–H groups in total. The van der Waals surface area contributed by atoms with Crippen molar-refractivity contribution in [3.63, 3.8) is 0 Å². The highest BCUT2D eigenvalue weighted by molar-refractivity contribution is 7.99. The van der Waals surface area contributed by atoms with E-state index in [2.05, 4.69) is 10.1 Å². The molecule has 0 saturated carbocycles. The summed E-state index contributed by atoms with van der Waals surface area (Å²) in [6, 6.07) is 6.25. The Bertz CT molecular complexity index is 434. The molecule has 1 saturated heterocycles. The molecule has 2 rings (SSSR count). The van der Waals surface area contributed by atoms with E-state index in [1.807, 2.05) is 13.8 Å². The molecule has 0 bridgehead atoms. The molecule has 0 radical (unpaired) electrons. The Morgan fingerprint density at radius 1 is 1.33 bits per heavy atom. The van der Waals surface area contributed by atoms with Crippen molar-refractivity contribution in [1.29, 1.82) is 0 Å². The van der Waals surface area contributed by atoms with Crippen molar-refractivity contribution >= 4 is 11.8 Å². The van der Waals surface area contributed by atoms with Gasteiger partial charge in [0.1, 0.15) is 5.75 Å². The summed E-state index contributed by atoms with van der Waals surface area (Å²) in [5.74, 6) is 0.713. The number of benzene rings is 1. The highest BCUT2D eigenvalue weighted by Crippen LogP contribution is 2.41. The van der Waals surface area contributed by atoms with Crippen LogP contribution in [0.3, 0.4) is 0 Å². The summed E-state index contributed by atoms with van der Waals surface area (Å²) in [6.07, 6.45) is -4.66. The van der Waals surface area contributed by atoms with Crippen molar-refractivity contribution < 1.29 is 17.9 Å². The minimum atomic E-state index is -4.66. The summed E-state index contributed by atoms with van der Waals surface area (Å²) in [6.45, 7) is 4.04. The van der Waals surface area contributed by atoms with Crippen LogP contribution in [0.25, 0.3) is 0 Å². The second-order valence-electron chi connectivity index (χ2n) is 4.80. The van der Waals surface area contributed by atoms with Crippen molar-refractivity contribution in [2.75, 3.05) is 5.75 Å². The van der Waals surface area contributed by atoms with Crippen LogP contribution < -0.4 is 10.1 Å². The molecule has 1 aliphatic rings. The van der Waals surface area contributed by atoms with Gasteiger partial charge in [0.25, 0.3) is 0 Å². The lowest BCUT2D eigenvalue weighted by Crippen LogP contribution is -2.36. The van der Waals surface area contributed by atoms with Crippen LogP contribution in [-0.2, 0) is 0 Å². The first-order valence-corrected chi connectivity index (χ1v) is 6.56. The first-order valence-electron chi connectivity index (χ1n) is 5.51. The summed E-state index contributed by atoms with van der Waals surface area (Å²) >= 11 is 1.58. The molecule has 0 aromatic heterocycles. The van der Waals surface area contributed by atoms with Gasteiger partial charge in [0.15, 0.2) is 0 Å². The summed E-state index contributed by atoms with van der Waals surface area (Å²) < 4.78 is 41.0. The quantitative estimate of drug-likeness (QED) is 0.890. The highest BCUT2D eigenvalue weighted by atomic mass is 32.2. The van der Waals surface area contributed by atoms with E-state index >= 15 is 0 Å². The van der Waals surface area contributed by atoms with Crippen molar-refractivity contribution in [3.05, 3.63) is 29.8 Å². The molecule has 0 spiro atoms. The van der Waals surface area contributed by atoms with Crippen molar-refractivity contribution in [1.82, 2.24) is 5.32 Å². The van der Waals surface area contributed by atoms with Gasteiger partial charge < -0.3 is 4.74 Å². The Morgan fingerprint density at radius 3 is 2.56 bits per heavy atom. The summed E-state index contributed by atoms with van der Waals surface area (Å²) in [5, 5.41) is 3.12. The van der Waals surface area contributed by atoms with E-state index in [1.165, 1.54) is 12.1 Å². The molecule has 0 aliphatic carbocycles. The molecule has 1 atom stereocenters. The lowest BCUT2D eigenvalue weighted by atomic mass is 10.1. The van der Waals surface area contributed by atoms with E-state index in [9.17, 15) is 13.2 Å². The van der Waals surface area contributed by atoms with Crippen molar-refractivity contribution in [2.24, 2.45) is 0 Å². The van der Waals surface area contributed by atoms with E-state index in [0.717, 1.165) is 5.75 Å². The SMILES string of the molecule is CC1(C)CSC(c2ccccc2OC(F)(F)F)N1. The lowest BCUT2D eigenvalue weighted by Gasteiger charge is -2.21. The minimum Gasteiger partial charge on any atom is -0.405 e. The fourth-order valence-electron chi connectivity index (χ4n) is 1.81. The van der Waals surface area contributed by atoms with E-state index in [4.69, 9.17) is 0 Å². The monoisotopic (exact) mass is 277 g/mol. The van der Waals surface area contributed by atoms with Gasteiger partial charge in [-0.15, -0.1) is 24.9 Å². The van der Waals surface area contributed by atoms with Crippen LogP contribution in [0.15, 0.2) is 24.3 Å². The lowest BCUT2D eigenvalue weighted by molar-refractivity contribution is -0.274. The standard InChI is InChI=1S/C12H14F3NOS/c1-11(2)7-18-10(16-11)8-5-3-4-6-9(8)17-12(13,14)15/h3-6,10,16H,7H2,1-2H3. The molecule has 1 aromatic rings. The van der Waals surface area contributed by atoms with Crippen molar-refractivity contribution in [3.8, 4) is 5.75 Å². The van der Waals surface area contributed by atoms with Crippen LogP contribution >= 0.6 is 11.8 Å². The Labute approximate surface area is 108 Å². The molecule has 2 nitrogen and oxygen atoms in total. The van der Waals surface area contributed by atoms with Crippen LogP contribution in [0.1, 0.15) is 24.8 Å². The van der Waals surface area contributed by atoms with Crippen LogP contribution in [0.5, 0.6) is 5.75 Å². The molecule has 1 heterocycles. The predicted molar refractivity (Wildman–Crippen MR) is 65.5 cm³/mol. The van der Waals surface area contributed by atoms with Gasteiger partial charge in [-0.25, -0.2) is 0 Å². The molecule has 1 aromatic carbocycles. The molecule has 100 valence electrons. The number of hydrogen-bond donors (Lipinski definition) is 1. The van der Waals surface area contributed by atoms with Gasteiger partial charge in [0.2, 0.25) is 0 Å². The normalized spacial score (nSPS) is 23.1. The van der Waals surface area contributed by atoms with Crippen molar-refractivity contribution in [2.45, 2.75) is 31.1 Å². The zero-order valence-electron chi connectivity index (χ0n) is 10.0. The molecule has 6 heteroatoms. The summed E-state index contributed by atoms with van der Waals surface area (Å²) in [7, 11) is 0. The largest absolute Gasteiger partial charge is 0.573 e. The molecule has 18 heavy (non-hydrogen) atoms. The minimum absolute atomic E-state index is 0.0827. The van der Waals surface area contributed by atoms with E-state index in [-0.39, 0.29) is 16.7 Å². The highest BCUT2D eigenvalue weighted by Gasteiger charge is 2.36. The average molecular weight is 277 g/mol. The summed E-state index contributed by atoms with van der Waals surface area (Å²) in [5.41, 5.74) is 0.450. The number of hydrogen-bond acceptors (Lipinski definition) is 3. The third kappa shape index (κ3) is 3.32. The Morgan fingerprint density at radius 2 is 2.00 bits per heavy atom. The van der Waals surface area contributed by atoms with Crippen LogP contribution in [-0.4, -0.2) is 17.7 Å². The van der Waals surface area contributed by atoms with Crippen LogP contribution in [0.2, 0.25) is 0 Å². The topological polar surface area (TPSA) is 21.3 Å². The second kappa shape index (κ2) is 4.66. The van der Waals surface area contributed by atoms with Crippen LogP contribution in [0.4, 0.5) is 13.2 Å². The zero-order chi connectivity index (χ0) is 13.4. The number of nitrogens with one attached hydrogen (secondary N) is 1. The van der Waals surface area contributed by atoms with E-state index in [1.54, 1.807) is 23.9 Å². The Kier molecular flexibility index (Phi) is 3.51. The number of ether oxygens (including phenoxy) is 1. The van der Waals surface area contributed by atoms with Gasteiger partial charge in [-0.1, -0.05) is 18.2 Å². The number of thioether (sulfide) groups is 1. The number of para-hydroxylation sites is 1. The fourth-order valence-corrected chi connectivity index (χ4v) is 3.26. The molecular formula is C12H14F3NOS. The number of halogens is 3. The molecule has 0 amide bonds. The first kappa shape index (κ1) is 13.5. The van der Waals surface area contributed by atoms with Gasteiger partial charge in [-0.2, -0.15) is 0 Å². The van der Waals surface area contributed by atoms with Crippen LogP contribution in [0, 0.1) is 0 Å². The maximum absolute atomic E-state index is 12.3. The first-order chi connectivity index (χ1) is 8.27. The van der Waals surface area contributed by atoms with Gasteiger partial charge >= 0.3 is 6.36 Å². The van der Waals surface area contributed by atoms with Gasteiger partial charge in [0.05, 0.1) is 5.37 Å². The predicted octanol–water partition coefficient (Wildman–Crippen LogP) is 3.70. The third-order valence-electron chi connectivity index (χ3n) is 2.56. The molecular weight excluding hydrogens is 263 g/mol. The summed E-state index contributed by atoms with van der Waals surface area (Å²) in [4.78, 5) is 0. The molecule has 1 aliphatic heterocycles. The number of rotatable bonds is 2. The van der Waals surface area contributed by atoms with E-state index < -0.39 is 6.36 Å². The van der Waals surface area contributed by atoms with E-state index in [0.29, 0.717) is 5.56 Å². The Hall–Kier alpha value is -0.880. The fraction of sp³-hybridized carbons (Fsp3) is 0.500. The van der Waals surface area contributed by atoms with Gasteiger partial charge in [-0.05, 0) is 19.9 Å². The smallest absolute Gasteiger partial charge is 0.405 e. The maximum atomic E-state index is 12.3. The maximum Gasteiger partial charge on any atom is 0.573 e. The zero-order valence-corrected chi connectivity index (χ0v) is 10.9. The average Bonchev–Trinajstić information content (AvgIpc) is 2.57.